The van der Waals surface area contributed by atoms with E-state index in [1.54, 1.807) is 6.07 Å². The minimum Gasteiger partial charge on any atom is -0.381 e. The number of hydrogen-bond acceptors (Lipinski definition) is 3. The number of halogens is 2. The highest BCUT2D eigenvalue weighted by Crippen LogP contribution is 2.26. The number of hydrogen-bond donors (Lipinski definition) is 1. The minimum atomic E-state index is -0.250. The number of nitrogens with zero attached hydrogens (tertiary/aromatic N) is 1. The van der Waals surface area contributed by atoms with Gasteiger partial charge in [0.15, 0.2) is 0 Å². The molecule has 4 nitrogen and oxygen atoms in total. The third kappa shape index (κ3) is 4.66. The quantitative estimate of drug-likeness (QED) is 0.917. The summed E-state index contributed by atoms with van der Waals surface area (Å²) in [5.74, 6) is 0.354. The second-order valence-corrected chi connectivity index (χ2v) is 6.12. The number of ether oxygens (including phenoxy) is 1. The number of benzene rings is 1. The predicted molar refractivity (Wildman–Crippen MR) is 89.1 cm³/mol. The monoisotopic (exact) mass is 342 g/mol. The summed E-state index contributed by atoms with van der Waals surface area (Å²) in [6, 6.07) is 6.51. The fourth-order valence-electron chi connectivity index (χ4n) is 3.33. The first-order chi connectivity index (χ1) is 10.7. The molecule has 2 saturated heterocycles. The van der Waals surface area contributed by atoms with Crippen molar-refractivity contribution in [1.29, 1.82) is 0 Å². The summed E-state index contributed by atoms with van der Waals surface area (Å²) in [6.45, 7) is 3.68. The normalized spacial score (nSPS) is 22.5. The summed E-state index contributed by atoms with van der Waals surface area (Å²) >= 11 is 0. The van der Waals surface area contributed by atoms with Gasteiger partial charge in [0.2, 0.25) is 5.91 Å². The molecule has 3 rings (SSSR count). The van der Waals surface area contributed by atoms with Crippen molar-refractivity contribution in [3.8, 4) is 0 Å². The molecule has 2 aliphatic rings. The summed E-state index contributed by atoms with van der Waals surface area (Å²) in [7, 11) is 0. The van der Waals surface area contributed by atoms with E-state index in [1.807, 2.05) is 11.0 Å². The second-order valence-electron chi connectivity index (χ2n) is 6.12. The molecule has 2 fully saturated rings. The zero-order valence-electron chi connectivity index (χ0n) is 13.2. The van der Waals surface area contributed by atoms with Gasteiger partial charge in [-0.2, -0.15) is 0 Å². The van der Waals surface area contributed by atoms with Gasteiger partial charge in [0, 0.05) is 39.3 Å². The number of rotatable bonds is 3. The molecular weight excluding hydrogens is 319 g/mol. The fourth-order valence-corrected chi connectivity index (χ4v) is 3.33. The number of carbonyl (C=O) groups is 1. The molecule has 0 bridgehead atoms. The largest absolute Gasteiger partial charge is 0.381 e. The molecule has 1 unspecified atom stereocenters. The minimum absolute atomic E-state index is 0. The van der Waals surface area contributed by atoms with Crippen LogP contribution in [0, 0.1) is 11.7 Å². The van der Waals surface area contributed by atoms with Crippen LogP contribution < -0.4 is 5.32 Å². The Labute approximate surface area is 142 Å². The summed E-state index contributed by atoms with van der Waals surface area (Å²) in [5, 5.41) is 3.30. The van der Waals surface area contributed by atoms with Crippen molar-refractivity contribution in [3.05, 3.63) is 35.6 Å². The van der Waals surface area contributed by atoms with Gasteiger partial charge >= 0.3 is 0 Å². The van der Waals surface area contributed by atoms with Crippen LogP contribution in [-0.2, 0) is 9.53 Å². The molecule has 1 amide bonds. The average Bonchev–Trinajstić information content (AvgIpc) is 2.56. The van der Waals surface area contributed by atoms with E-state index in [0.29, 0.717) is 25.4 Å². The van der Waals surface area contributed by atoms with Gasteiger partial charge in [-0.05, 0) is 36.5 Å². The lowest BCUT2D eigenvalue weighted by Gasteiger charge is -2.37. The third-order valence-electron chi connectivity index (χ3n) is 4.60. The van der Waals surface area contributed by atoms with Crippen LogP contribution >= 0.6 is 12.4 Å². The van der Waals surface area contributed by atoms with Gasteiger partial charge in [0.1, 0.15) is 5.82 Å². The van der Waals surface area contributed by atoms with Crippen LogP contribution in [0.3, 0.4) is 0 Å². The van der Waals surface area contributed by atoms with Gasteiger partial charge in [-0.25, -0.2) is 4.39 Å². The van der Waals surface area contributed by atoms with E-state index in [1.165, 1.54) is 12.1 Å². The SMILES string of the molecule is Cl.O=C(CC1CCOCC1)N1CCNCC1c1cccc(F)c1. The lowest BCUT2D eigenvalue weighted by Crippen LogP contribution is -2.49. The van der Waals surface area contributed by atoms with E-state index >= 15 is 0 Å². The highest BCUT2D eigenvalue weighted by molar-refractivity contribution is 5.85. The Morgan fingerprint density at radius 1 is 1.35 bits per heavy atom. The zero-order valence-corrected chi connectivity index (χ0v) is 14.0. The van der Waals surface area contributed by atoms with Crippen LogP contribution in [0.25, 0.3) is 0 Å². The number of piperazine rings is 1. The number of amides is 1. The van der Waals surface area contributed by atoms with Crippen molar-refractivity contribution in [3.63, 3.8) is 0 Å². The van der Waals surface area contributed by atoms with Gasteiger partial charge in [0.05, 0.1) is 6.04 Å². The van der Waals surface area contributed by atoms with Crippen molar-refractivity contribution in [2.75, 3.05) is 32.8 Å². The molecule has 23 heavy (non-hydrogen) atoms. The molecule has 128 valence electrons. The Hall–Kier alpha value is -1.17. The second kappa shape index (κ2) is 8.62. The number of carbonyl (C=O) groups excluding carboxylic acids is 1. The molecule has 1 aromatic carbocycles. The summed E-state index contributed by atoms with van der Waals surface area (Å²) in [6.07, 6.45) is 2.50. The molecule has 1 N–H and O–H groups in total. The van der Waals surface area contributed by atoms with Crippen LogP contribution in [-0.4, -0.2) is 43.7 Å². The smallest absolute Gasteiger partial charge is 0.223 e. The Kier molecular flexibility index (Phi) is 6.81. The van der Waals surface area contributed by atoms with Gasteiger partial charge in [-0.1, -0.05) is 12.1 Å². The molecular formula is C17H24ClFN2O2. The predicted octanol–water partition coefficient (Wildman–Crippen LogP) is 2.54. The first-order valence-electron chi connectivity index (χ1n) is 8.07. The maximum atomic E-state index is 13.5. The zero-order chi connectivity index (χ0) is 15.4. The summed E-state index contributed by atoms with van der Waals surface area (Å²) in [5.41, 5.74) is 0.868. The fraction of sp³-hybridized carbons (Fsp3) is 0.588. The van der Waals surface area contributed by atoms with Crippen LogP contribution in [0.2, 0.25) is 0 Å². The maximum Gasteiger partial charge on any atom is 0.223 e. The van der Waals surface area contributed by atoms with E-state index in [-0.39, 0.29) is 30.2 Å². The topological polar surface area (TPSA) is 41.6 Å². The Bertz CT molecular complexity index is 523. The van der Waals surface area contributed by atoms with Crippen LogP contribution in [0.5, 0.6) is 0 Å². The van der Waals surface area contributed by atoms with E-state index in [2.05, 4.69) is 5.32 Å². The van der Waals surface area contributed by atoms with Crippen molar-refractivity contribution in [2.45, 2.75) is 25.3 Å². The lowest BCUT2D eigenvalue weighted by atomic mass is 9.94. The molecule has 1 aromatic rings. The Balaban J connectivity index is 0.00000192. The lowest BCUT2D eigenvalue weighted by molar-refractivity contribution is -0.136. The molecule has 2 heterocycles. The van der Waals surface area contributed by atoms with Gasteiger partial charge in [-0.3, -0.25) is 4.79 Å². The molecule has 0 aromatic heterocycles. The van der Waals surface area contributed by atoms with Crippen molar-refractivity contribution in [2.24, 2.45) is 5.92 Å². The van der Waals surface area contributed by atoms with Crippen LogP contribution in [0.1, 0.15) is 30.9 Å². The number of nitrogens with one attached hydrogen (secondary N) is 1. The van der Waals surface area contributed by atoms with Crippen molar-refractivity contribution >= 4 is 18.3 Å². The summed E-state index contributed by atoms with van der Waals surface area (Å²) < 4.78 is 18.8. The van der Waals surface area contributed by atoms with Gasteiger partial charge < -0.3 is 15.0 Å². The van der Waals surface area contributed by atoms with E-state index in [4.69, 9.17) is 4.74 Å². The Morgan fingerprint density at radius 3 is 2.87 bits per heavy atom. The van der Waals surface area contributed by atoms with Crippen LogP contribution in [0.4, 0.5) is 4.39 Å². The Morgan fingerprint density at radius 2 is 2.13 bits per heavy atom. The standard InChI is InChI=1S/C17H23FN2O2.ClH/c18-15-3-1-2-14(11-15)16-12-19-6-7-20(16)17(21)10-13-4-8-22-9-5-13;/h1-3,11,13,16,19H,4-10,12H2;1H. The molecule has 0 saturated carbocycles. The molecule has 0 spiro atoms. The first-order valence-corrected chi connectivity index (χ1v) is 8.07. The molecule has 2 aliphatic heterocycles. The first kappa shape index (κ1) is 18.2. The van der Waals surface area contributed by atoms with E-state index < -0.39 is 0 Å². The van der Waals surface area contributed by atoms with Crippen LogP contribution in [0.15, 0.2) is 24.3 Å². The van der Waals surface area contributed by atoms with E-state index in [9.17, 15) is 9.18 Å². The molecule has 0 aliphatic carbocycles. The van der Waals surface area contributed by atoms with E-state index in [0.717, 1.165) is 38.2 Å². The maximum absolute atomic E-state index is 13.5. The molecule has 1 atom stereocenters. The highest BCUT2D eigenvalue weighted by atomic mass is 35.5. The van der Waals surface area contributed by atoms with Gasteiger partial charge in [0.25, 0.3) is 0 Å². The van der Waals surface area contributed by atoms with Crippen molar-refractivity contribution < 1.29 is 13.9 Å². The van der Waals surface area contributed by atoms with Crippen molar-refractivity contribution in [1.82, 2.24) is 10.2 Å². The van der Waals surface area contributed by atoms with Gasteiger partial charge in [-0.15, -0.1) is 12.4 Å². The summed E-state index contributed by atoms with van der Waals surface area (Å²) in [4.78, 5) is 14.6. The molecule has 0 radical (unpaired) electrons. The average molecular weight is 343 g/mol. The third-order valence-corrected chi connectivity index (χ3v) is 4.60. The highest BCUT2D eigenvalue weighted by Gasteiger charge is 2.29. The molecule has 6 heteroatoms.